The highest BCUT2D eigenvalue weighted by atomic mass is 14.3. The summed E-state index contributed by atoms with van der Waals surface area (Å²) < 4.78 is 0. The van der Waals surface area contributed by atoms with Crippen LogP contribution in [0.1, 0.15) is 40.3 Å². The minimum absolute atomic E-state index is 0.149. The van der Waals surface area contributed by atoms with Crippen LogP contribution in [0.15, 0.2) is 72.8 Å². The quantitative estimate of drug-likeness (QED) is 0.523. The van der Waals surface area contributed by atoms with Crippen molar-refractivity contribution >= 4 is 0 Å². The summed E-state index contributed by atoms with van der Waals surface area (Å²) in [5, 5.41) is 0. The zero-order valence-corrected chi connectivity index (χ0v) is 14.4. The predicted molar refractivity (Wildman–Crippen MR) is 99.1 cm³/mol. The molecule has 0 saturated heterocycles. The van der Waals surface area contributed by atoms with Gasteiger partial charge in [-0.15, -0.1) is 0 Å². The van der Waals surface area contributed by atoms with Crippen molar-refractivity contribution < 1.29 is 0 Å². The molecule has 0 fully saturated rings. The second kappa shape index (κ2) is 6.04. The van der Waals surface area contributed by atoms with Gasteiger partial charge in [0.25, 0.3) is 0 Å². The molecule has 3 rings (SSSR count). The van der Waals surface area contributed by atoms with Gasteiger partial charge in [0.15, 0.2) is 0 Å². The van der Waals surface area contributed by atoms with Crippen LogP contribution in [0, 0.1) is 20.8 Å². The standard InChI is InChI=1S/C23H24/c1-17-8-5-11-20(14-17)23(4,21-12-6-9-18(2)15-21)22-13-7-10-19(3)16-22/h5-16H,1-4H3. The van der Waals surface area contributed by atoms with Gasteiger partial charge >= 0.3 is 0 Å². The topological polar surface area (TPSA) is 0 Å². The lowest BCUT2D eigenvalue weighted by molar-refractivity contribution is 0.690. The molecule has 0 atom stereocenters. The highest BCUT2D eigenvalue weighted by Crippen LogP contribution is 2.39. The van der Waals surface area contributed by atoms with Crippen LogP contribution in [0.3, 0.4) is 0 Å². The highest BCUT2D eigenvalue weighted by molar-refractivity contribution is 5.51. The van der Waals surface area contributed by atoms with Crippen LogP contribution in [-0.2, 0) is 5.41 Å². The molecule has 116 valence electrons. The van der Waals surface area contributed by atoms with Crippen LogP contribution in [0.5, 0.6) is 0 Å². The lowest BCUT2D eigenvalue weighted by Gasteiger charge is -2.32. The fourth-order valence-corrected chi connectivity index (χ4v) is 3.37. The van der Waals surface area contributed by atoms with Crippen molar-refractivity contribution in [2.75, 3.05) is 0 Å². The van der Waals surface area contributed by atoms with E-state index >= 15 is 0 Å². The zero-order chi connectivity index (χ0) is 16.4. The molecular weight excluding hydrogens is 276 g/mol. The summed E-state index contributed by atoms with van der Waals surface area (Å²) in [5.74, 6) is 0. The first kappa shape index (κ1) is 15.6. The van der Waals surface area contributed by atoms with Gasteiger partial charge in [-0.3, -0.25) is 0 Å². The van der Waals surface area contributed by atoms with E-state index in [0.717, 1.165) is 0 Å². The first-order valence-corrected chi connectivity index (χ1v) is 8.21. The molecule has 3 aromatic carbocycles. The summed E-state index contributed by atoms with van der Waals surface area (Å²) in [6.45, 7) is 8.83. The van der Waals surface area contributed by atoms with Crippen molar-refractivity contribution in [1.29, 1.82) is 0 Å². The third kappa shape index (κ3) is 2.94. The van der Waals surface area contributed by atoms with Gasteiger partial charge in [0, 0.05) is 5.41 Å². The molecular formula is C23H24. The van der Waals surface area contributed by atoms with E-state index in [-0.39, 0.29) is 5.41 Å². The smallest absolute Gasteiger partial charge is 0.0423 e. The fraction of sp³-hybridized carbons (Fsp3) is 0.217. The Morgan fingerprint density at radius 2 is 0.826 bits per heavy atom. The third-order valence-corrected chi connectivity index (χ3v) is 4.79. The summed E-state index contributed by atoms with van der Waals surface area (Å²) >= 11 is 0. The van der Waals surface area contributed by atoms with Gasteiger partial charge in [0.05, 0.1) is 0 Å². The largest absolute Gasteiger partial charge is 0.0617 e. The number of hydrogen-bond acceptors (Lipinski definition) is 0. The van der Waals surface area contributed by atoms with E-state index in [1.165, 1.54) is 33.4 Å². The molecule has 0 aromatic heterocycles. The van der Waals surface area contributed by atoms with Gasteiger partial charge in [-0.1, -0.05) is 89.5 Å². The minimum atomic E-state index is -0.149. The van der Waals surface area contributed by atoms with E-state index in [2.05, 4.69) is 100 Å². The van der Waals surface area contributed by atoms with E-state index in [9.17, 15) is 0 Å². The van der Waals surface area contributed by atoms with Crippen LogP contribution in [0.4, 0.5) is 0 Å². The summed E-state index contributed by atoms with van der Waals surface area (Å²) in [4.78, 5) is 0. The van der Waals surface area contributed by atoms with Gasteiger partial charge in [-0.2, -0.15) is 0 Å². The van der Waals surface area contributed by atoms with E-state index in [4.69, 9.17) is 0 Å². The maximum absolute atomic E-state index is 2.34. The SMILES string of the molecule is Cc1cccc(C(C)(c2cccc(C)c2)c2cccc(C)c2)c1. The van der Waals surface area contributed by atoms with Gasteiger partial charge < -0.3 is 0 Å². The molecule has 0 amide bonds. The third-order valence-electron chi connectivity index (χ3n) is 4.79. The zero-order valence-electron chi connectivity index (χ0n) is 14.4. The van der Waals surface area contributed by atoms with Crippen molar-refractivity contribution in [1.82, 2.24) is 0 Å². The van der Waals surface area contributed by atoms with Gasteiger partial charge in [0.1, 0.15) is 0 Å². The van der Waals surface area contributed by atoms with Gasteiger partial charge in [-0.25, -0.2) is 0 Å². The van der Waals surface area contributed by atoms with E-state index in [0.29, 0.717) is 0 Å². The molecule has 0 radical (unpaired) electrons. The second-order valence-corrected chi connectivity index (χ2v) is 6.73. The van der Waals surface area contributed by atoms with Crippen molar-refractivity contribution in [3.8, 4) is 0 Å². The fourth-order valence-electron chi connectivity index (χ4n) is 3.37. The molecule has 0 saturated carbocycles. The maximum Gasteiger partial charge on any atom is 0.0423 e. The Morgan fingerprint density at radius 3 is 1.09 bits per heavy atom. The van der Waals surface area contributed by atoms with E-state index in [1.807, 2.05) is 0 Å². The molecule has 0 bridgehead atoms. The van der Waals surface area contributed by atoms with Crippen molar-refractivity contribution in [3.05, 3.63) is 106 Å². The Morgan fingerprint density at radius 1 is 0.522 bits per heavy atom. The van der Waals surface area contributed by atoms with Crippen molar-refractivity contribution in [3.63, 3.8) is 0 Å². The summed E-state index contributed by atoms with van der Waals surface area (Å²) in [6.07, 6.45) is 0. The van der Waals surface area contributed by atoms with Crippen LogP contribution in [0.2, 0.25) is 0 Å². The Kier molecular flexibility index (Phi) is 4.09. The van der Waals surface area contributed by atoms with Crippen LogP contribution in [-0.4, -0.2) is 0 Å². The molecule has 0 heterocycles. The molecule has 0 spiro atoms. The van der Waals surface area contributed by atoms with E-state index < -0.39 is 0 Å². The number of hydrogen-bond donors (Lipinski definition) is 0. The lowest BCUT2D eigenvalue weighted by Crippen LogP contribution is -2.25. The second-order valence-electron chi connectivity index (χ2n) is 6.73. The molecule has 23 heavy (non-hydrogen) atoms. The Bertz CT molecular complexity index is 716. The molecule has 0 aliphatic carbocycles. The number of aryl methyl sites for hydroxylation is 3. The number of rotatable bonds is 3. The summed E-state index contributed by atoms with van der Waals surface area (Å²) in [6, 6.07) is 26.6. The highest BCUT2D eigenvalue weighted by Gasteiger charge is 2.31. The Balaban J connectivity index is 2.29. The summed E-state index contributed by atoms with van der Waals surface area (Å²) in [7, 11) is 0. The van der Waals surface area contributed by atoms with Gasteiger partial charge in [0.2, 0.25) is 0 Å². The molecule has 0 nitrogen and oxygen atoms in total. The van der Waals surface area contributed by atoms with Crippen molar-refractivity contribution in [2.24, 2.45) is 0 Å². The average molecular weight is 300 g/mol. The van der Waals surface area contributed by atoms with E-state index in [1.54, 1.807) is 0 Å². The van der Waals surface area contributed by atoms with Gasteiger partial charge in [-0.05, 0) is 44.4 Å². The lowest BCUT2D eigenvalue weighted by atomic mass is 9.70. The number of benzene rings is 3. The molecule has 3 aromatic rings. The molecule has 0 unspecified atom stereocenters. The Labute approximate surface area is 139 Å². The molecule has 0 aliphatic rings. The predicted octanol–water partition coefficient (Wildman–Crippen LogP) is 5.97. The molecule has 0 heteroatoms. The Hall–Kier alpha value is -2.34. The minimum Gasteiger partial charge on any atom is -0.0617 e. The first-order valence-electron chi connectivity index (χ1n) is 8.21. The van der Waals surface area contributed by atoms with Crippen LogP contribution < -0.4 is 0 Å². The first-order chi connectivity index (χ1) is 11.0. The monoisotopic (exact) mass is 300 g/mol. The normalized spacial score (nSPS) is 11.5. The summed E-state index contributed by atoms with van der Waals surface area (Å²) in [5.41, 5.74) is 7.78. The molecule has 0 aliphatic heterocycles. The molecule has 0 N–H and O–H groups in total. The maximum atomic E-state index is 2.34. The van der Waals surface area contributed by atoms with Crippen LogP contribution in [0.25, 0.3) is 0 Å². The van der Waals surface area contributed by atoms with Crippen LogP contribution >= 0.6 is 0 Å². The van der Waals surface area contributed by atoms with Crippen molar-refractivity contribution in [2.45, 2.75) is 33.1 Å². The average Bonchev–Trinajstić information content (AvgIpc) is 2.54.